The Labute approximate surface area is 115 Å². The van der Waals surface area contributed by atoms with Gasteiger partial charge in [0.15, 0.2) is 0 Å². The molecule has 0 saturated carbocycles. The molecular weight excluding hydrogens is 304 g/mol. The number of nitrogens with one attached hydrogen (secondary N) is 2. The predicted octanol–water partition coefficient (Wildman–Crippen LogP) is 3.35. The lowest BCUT2D eigenvalue weighted by Crippen LogP contribution is -2.37. The Morgan fingerprint density at radius 2 is 2.18 bits per heavy atom. The Kier molecular flexibility index (Phi) is 5.28. The average molecular weight is 320 g/mol. The van der Waals surface area contributed by atoms with Gasteiger partial charge in [-0.3, -0.25) is 4.79 Å². The molecule has 1 atom stereocenters. The fourth-order valence-corrected chi connectivity index (χ4v) is 2.12. The van der Waals surface area contributed by atoms with Gasteiger partial charge in [0.1, 0.15) is 6.04 Å². The van der Waals surface area contributed by atoms with E-state index in [-0.39, 0.29) is 11.9 Å². The van der Waals surface area contributed by atoms with Crippen LogP contribution in [0.5, 0.6) is 0 Å². The number of anilines is 1. The van der Waals surface area contributed by atoms with Crippen LogP contribution in [0.1, 0.15) is 19.4 Å². The first-order chi connectivity index (χ1) is 7.95. The molecule has 0 bridgehead atoms. The molecule has 0 saturated heterocycles. The van der Waals surface area contributed by atoms with Gasteiger partial charge in [-0.1, -0.05) is 11.6 Å². The molecule has 0 aromatic heterocycles. The fraction of sp³-hybridized carbons (Fsp3) is 0.417. The van der Waals surface area contributed by atoms with E-state index in [0.717, 1.165) is 15.7 Å². The number of carbonyl (C=O) groups excluding carboxylic acids is 1. The van der Waals surface area contributed by atoms with Crippen molar-refractivity contribution in [2.75, 3.05) is 11.9 Å². The molecule has 0 fully saturated rings. The maximum atomic E-state index is 11.6. The van der Waals surface area contributed by atoms with Crippen LogP contribution in [0.15, 0.2) is 16.6 Å². The number of likely N-dealkylation sites (N-methyl/N-ethyl adjacent to an activating group) is 1. The van der Waals surface area contributed by atoms with Crippen molar-refractivity contribution in [1.29, 1.82) is 0 Å². The smallest absolute Gasteiger partial charge is 0.242 e. The summed E-state index contributed by atoms with van der Waals surface area (Å²) < 4.78 is 0.899. The lowest BCUT2D eigenvalue weighted by atomic mass is 10.2. The number of halogens is 2. The van der Waals surface area contributed by atoms with Gasteiger partial charge in [-0.05, 0) is 54.4 Å². The SMILES string of the molecule is CCNC(=O)C(C)Nc1cc(Cl)c(C)cc1Br. The predicted molar refractivity (Wildman–Crippen MR) is 75.7 cm³/mol. The number of aryl methyl sites for hydroxylation is 1. The normalized spacial score (nSPS) is 12.1. The van der Waals surface area contributed by atoms with Crippen LogP contribution in [-0.2, 0) is 4.79 Å². The minimum absolute atomic E-state index is 0.0314. The van der Waals surface area contributed by atoms with Crippen molar-refractivity contribution in [2.45, 2.75) is 26.8 Å². The Balaban J connectivity index is 2.81. The third kappa shape index (κ3) is 3.89. The lowest BCUT2D eigenvalue weighted by molar-refractivity contribution is -0.121. The third-order valence-corrected chi connectivity index (χ3v) is 3.43. The molecule has 2 N–H and O–H groups in total. The number of rotatable bonds is 4. The number of carbonyl (C=O) groups is 1. The van der Waals surface area contributed by atoms with E-state index in [4.69, 9.17) is 11.6 Å². The first kappa shape index (κ1) is 14.3. The molecule has 94 valence electrons. The van der Waals surface area contributed by atoms with E-state index in [0.29, 0.717) is 11.6 Å². The quantitative estimate of drug-likeness (QED) is 0.893. The minimum atomic E-state index is -0.301. The van der Waals surface area contributed by atoms with E-state index < -0.39 is 0 Å². The van der Waals surface area contributed by atoms with Crippen molar-refractivity contribution < 1.29 is 4.79 Å². The Morgan fingerprint density at radius 3 is 2.76 bits per heavy atom. The monoisotopic (exact) mass is 318 g/mol. The van der Waals surface area contributed by atoms with E-state index >= 15 is 0 Å². The molecule has 1 aromatic carbocycles. The maximum Gasteiger partial charge on any atom is 0.242 e. The van der Waals surface area contributed by atoms with Crippen LogP contribution in [0.4, 0.5) is 5.69 Å². The summed E-state index contributed by atoms with van der Waals surface area (Å²) in [5.74, 6) is -0.0314. The zero-order chi connectivity index (χ0) is 13.0. The first-order valence-corrected chi connectivity index (χ1v) is 6.62. The van der Waals surface area contributed by atoms with Gasteiger partial charge in [0.2, 0.25) is 5.91 Å². The van der Waals surface area contributed by atoms with Crippen molar-refractivity contribution in [3.8, 4) is 0 Å². The molecule has 0 radical (unpaired) electrons. The zero-order valence-electron chi connectivity index (χ0n) is 10.1. The van der Waals surface area contributed by atoms with Crippen LogP contribution < -0.4 is 10.6 Å². The van der Waals surface area contributed by atoms with E-state index in [9.17, 15) is 4.79 Å². The molecule has 3 nitrogen and oxygen atoms in total. The fourth-order valence-electron chi connectivity index (χ4n) is 1.38. The van der Waals surface area contributed by atoms with Crippen molar-refractivity contribution in [3.63, 3.8) is 0 Å². The average Bonchev–Trinajstić information content (AvgIpc) is 2.26. The molecule has 17 heavy (non-hydrogen) atoms. The second-order valence-corrected chi connectivity index (χ2v) is 5.10. The van der Waals surface area contributed by atoms with Gasteiger partial charge < -0.3 is 10.6 Å². The van der Waals surface area contributed by atoms with Gasteiger partial charge in [-0.25, -0.2) is 0 Å². The standard InChI is InChI=1S/C12H16BrClN2O/c1-4-15-12(17)8(3)16-11-6-10(14)7(2)5-9(11)13/h5-6,8,16H,4H2,1-3H3,(H,15,17). The van der Waals surface area contributed by atoms with Crippen molar-refractivity contribution in [2.24, 2.45) is 0 Å². The molecule has 0 aliphatic rings. The number of benzene rings is 1. The maximum absolute atomic E-state index is 11.6. The number of hydrogen-bond acceptors (Lipinski definition) is 2. The highest BCUT2D eigenvalue weighted by atomic mass is 79.9. The molecule has 5 heteroatoms. The summed E-state index contributed by atoms with van der Waals surface area (Å²) in [5.41, 5.74) is 1.81. The summed E-state index contributed by atoms with van der Waals surface area (Å²) in [5, 5.41) is 6.56. The summed E-state index contributed by atoms with van der Waals surface area (Å²) in [4.78, 5) is 11.6. The second kappa shape index (κ2) is 6.26. The topological polar surface area (TPSA) is 41.1 Å². The van der Waals surface area contributed by atoms with Crippen molar-refractivity contribution in [1.82, 2.24) is 5.32 Å². The molecule has 1 amide bonds. The number of amides is 1. The van der Waals surface area contributed by atoms with E-state index in [1.54, 1.807) is 0 Å². The minimum Gasteiger partial charge on any atom is -0.373 e. The Bertz CT molecular complexity index is 423. The van der Waals surface area contributed by atoms with Crippen LogP contribution in [-0.4, -0.2) is 18.5 Å². The summed E-state index contributed by atoms with van der Waals surface area (Å²) in [6.07, 6.45) is 0. The van der Waals surface area contributed by atoms with Gasteiger partial charge in [0.25, 0.3) is 0 Å². The highest BCUT2D eigenvalue weighted by Gasteiger charge is 2.13. The molecular formula is C12H16BrClN2O. The highest BCUT2D eigenvalue weighted by molar-refractivity contribution is 9.10. The molecule has 1 unspecified atom stereocenters. The zero-order valence-corrected chi connectivity index (χ0v) is 12.4. The van der Waals surface area contributed by atoms with Gasteiger partial charge in [0.05, 0.1) is 5.69 Å². The second-order valence-electron chi connectivity index (χ2n) is 3.84. The molecule has 0 heterocycles. The summed E-state index contributed by atoms with van der Waals surface area (Å²) >= 11 is 9.49. The van der Waals surface area contributed by atoms with Crippen LogP contribution in [0.25, 0.3) is 0 Å². The molecule has 0 aliphatic carbocycles. The Morgan fingerprint density at radius 1 is 1.53 bits per heavy atom. The van der Waals surface area contributed by atoms with Gasteiger partial charge in [-0.2, -0.15) is 0 Å². The number of hydrogen-bond donors (Lipinski definition) is 2. The van der Waals surface area contributed by atoms with Crippen molar-refractivity contribution in [3.05, 3.63) is 27.2 Å². The van der Waals surface area contributed by atoms with Crippen molar-refractivity contribution >= 4 is 39.1 Å². The molecule has 1 rings (SSSR count). The molecule has 0 aliphatic heterocycles. The highest BCUT2D eigenvalue weighted by Crippen LogP contribution is 2.29. The first-order valence-electron chi connectivity index (χ1n) is 5.45. The molecule has 0 spiro atoms. The van der Waals surface area contributed by atoms with Gasteiger partial charge in [0, 0.05) is 16.0 Å². The van der Waals surface area contributed by atoms with E-state index in [2.05, 4.69) is 26.6 Å². The van der Waals surface area contributed by atoms with E-state index in [1.165, 1.54) is 0 Å². The summed E-state index contributed by atoms with van der Waals surface area (Å²) in [6.45, 7) is 6.26. The summed E-state index contributed by atoms with van der Waals surface area (Å²) in [7, 11) is 0. The van der Waals surface area contributed by atoms with Crippen LogP contribution in [0, 0.1) is 6.92 Å². The van der Waals surface area contributed by atoms with E-state index in [1.807, 2.05) is 32.9 Å². The van der Waals surface area contributed by atoms with Crippen LogP contribution in [0.3, 0.4) is 0 Å². The third-order valence-electron chi connectivity index (χ3n) is 2.36. The van der Waals surface area contributed by atoms with Gasteiger partial charge in [-0.15, -0.1) is 0 Å². The van der Waals surface area contributed by atoms with Crippen LogP contribution in [0.2, 0.25) is 5.02 Å². The van der Waals surface area contributed by atoms with Crippen LogP contribution >= 0.6 is 27.5 Å². The lowest BCUT2D eigenvalue weighted by Gasteiger charge is -2.16. The summed E-state index contributed by atoms with van der Waals surface area (Å²) in [6, 6.07) is 3.44. The Hall–Kier alpha value is -0.740. The largest absolute Gasteiger partial charge is 0.373 e. The molecule has 1 aromatic rings. The van der Waals surface area contributed by atoms with Gasteiger partial charge >= 0.3 is 0 Å².